The summed E-state index contributed by atoms with van der Waals surface area (Å²) in [5.74, 6) is -0.559. The van der Waals surface area contributed by atoms with Gasteiger partial charge in [0.1, 0.15) is 0 Å². The molecule has 0 aliphatic carbocycles. The van der Waals surface area contributed by atoms with Gasteiger partial charge in [0.2, 0.25) is 0 Å². The fourth-order valence-corrected chi connectivity index (χ4v) is 1.68. The second-order valence-electron chi connectivity index (χ2n) is 3.97. The van der Waals surface area contributed by atoms with E-state index in [-0.39, 0.29) is 5.69 Å². The number of alkyl halides is 3. The van der Waals surface area contributed by atoms with Gasteiger partial charge in [-0.25, -0.2) is 0 Å². The van der Waals surface area contributed by atoms with Crippen molar-refractivity contribution in [2.75, 3.05) is 18.5 Å². The largest absolute Gasteiger partial charge is 0.418 e. The number of para-hydroxylation sites is 1. The Hall–Kier alpha value is -2.02. The lowest BCUT2D eigenvalue weighted by molar-refractivity contribution is -0.137. The minimum atomic E-state index is -4.50. The fraction of sp³-hybridized carbons (Fsp3) is 0.250. The molecular weight excluding hydrogens is 259 g/mol. The third kappa shape index (κ3) is 3.25. The van der Waals surface area contributed by atoms with E-state index in [0.29, 0.717) is 18.8 Å². The van der Waals surface area contributed by atoms with Gasteiger partial charge in [-0.3, -0.25) is 10.1 Å². The van der Waals surface area contributed by atoms with Crippen molar-refractivity contribution in [2.45, 2.75) is 6.18 Å². The summed E-state index contributed by atoms with van der Waals surface area (Å²) in [7, 11) is 0. The van der Waals surface area contributed by atoms with Crippen LogP contribution >= 0.6 is 0 Å². The maximum absolute atomic E-state index is 12.8. The molecular formula is C12H12F3N3O. The molecule has 4 nitrogen and oxygen atoms in total. The number of nitrogens with one attached hydrogen (secondary N) is 3. The first-order chi connectivity index (χ1) is 8.98. The van der Waals surface area contributed by atoms with Gasteiger partial charge in [0, 0.05) is 18.3 Å². The Morgan fingerprint density at radius 2 is 2.00 bits per heavy atom. The van der Waals surface area contributed by atoms with Crippen LogP contribution in [0.5, 0.6) is 0 Å². The molecule has 3 N–H and O–H groups in total. The van der Waals surface area contributed by atoms with Crippen LogP contribution in [0.1, 0.15) is 5.56 Å². The van der Waals surface area contributed by atoms with Crippen molar-refractivity contribution in [3.8, 4) is 0 Å². The summed E-state index contributed by atoms with van der Waals surface area (Å²) in [5.41, 5.74) is -0.754. The van der Waals surface area contributed by atoms with Gasteiger partial charge in [0.05, 0.1) is 17.9 Å². The van der Waals surface area contributed by atoms with Crippen LogP contribution in [0.3, 0.4) is 0 Å². The highest BCUT2D eigenvalue weighted by Gasteiger charge is 2.33. The molecule has 0 saturated heterocycles. The maximum atomic E-state index is 12.8. The minimum absolute atomic E-state index is 0.244. The van der Waals surface area contributed by atoms with Crippen LogP contribution in [-0.2, 0) is 11.0 Å². The van der Waals surface area contributed by atoms with E-state index in [1.165, 1.54) is 24.4 Å². The zero-order valence-electron chi connectivity index (χ0n) is 9.84. The molecule has 0 unspecified atom stereocenters. The molecule has 2 rings (SSSR count). The summed E-state index contributed by atoms with van der Waals surface area (Å²) in [4.78, 5) is 11.8. The molecule has 1 amide bonds. The topological polar surface area (TPSA) is 53.2 Å². The third-order valence-corrected chi connectivity index (χ3v) is 2.59. The Kier molecular flexibility index (Phi) is 3.75. The standard InChI is InChI=1S/C12H12F3N3O/c13-12(14,15)9-3-1-2-4-10(9)18-11(19)8-5-16-7-17-6-8/h1-5,16-17H,6-7H2,(H,18,19). The summed E-state index contributed by atoms with van der Waals surface area (Å²) in [6.07, 6.45) is -3.01. The molecule has 0 atom stereocenters. The maximum Gasteiger partial charge on any atom is 0.418 e. The Labute approximate surface area is 107 Å². The number of benzene rings is 1. The van der Waals surface area contributed by atoms with Crippen molar-refractivity contribution in [2.24, 2.45) is 0 Å². The molecule has 1 aliphatic heterocycles. The molecule has 1 heterocycles. The molecule has 1 aliphatic rings. The highest BCUT2D eigenvalue weighted by Crippen LogP contribution is 2.34. The van der Waals surface area contributed by atoms with Crippen molar-refractivity contribution in [1.29, 1.82) is 0 Å². The molecule has 0 saturated carbocycles. The second kappa shape index (κ2) is 5.31. The summed E-state index contributed by atoms with van der Waals surface area (Å²) in [6.45, 7) is 0.836. The molecule has 0 fully saturated rings. The Morgan fingerprint density at radius 3 is 2.63 bits per heavy atom. The number of hydrogen-bond acceptors (Lipinski definition) is 3. The first kappa shape index (κ1) is 13.4. The summed E-state index contributed by atoms with van der Waals surface area (Å²) >= 11 is 0. The Morgan fingerprint density at radius 1 is 1.26 bits per heavy atom. The number of carbonyl (C=O) groups excluding carboxylic acids is 1. The van der Waals surface area contributed by atoms with E-state index >= 15 is 0 Å². The monoisotopic (exact) mass is 271 g/mol. The van der Waals surface area contributed by atoms with Crippen LogP contribution < -0.4 is 16.0 Å². The van der Waals surface area contributed by atoms with Crippen LogP contribution in [0.4, 0.5) is 18.9 Å². The van der Waals surface area contributed by atoms with E-state index in [0.717, 1.165) is 6.07 Å². The average Bonchev–Trinajstić information content (AvgIpc) is 2.39. The van der Waals surface area contributed by atoms with Crippen LogP contribution in [-0.4, -0.2) is 19.1 Å². The first-order valence-electron chi connectivity index (χ1n) is 5.59. The van der Waals surface area contributed by atoms with Gasteiger partial charge in [-0.2, -0.15) is 13.2 Å². The number of anilines is 1. The SMILES string of the molecule is O=C(Nc1ccccc1C(F)(F)F)C1=CNCNC1. The van der Waals surface area contributed by atoms with Crippen LogP contribution in [0, 0.1) is 0 Å². The highest BCUT2D eigenvalue weighted by atomic mass is 19.4. The molecule has 0 radical (unpaired) electrons. The predicted octanol–water partition coefficient (Wildman–Crippen LogP) is 1.68. The fourth-order valence-electron chi connectivity index (χ4n) is 1.68. The number of halogens is 3. The van der Waals surface area contributed by atoms with Crippen molar-refractivity contribution in [1.82, 2.24) is 10.6 Å². The molecule has 102 valence electrons. The Balaban J connectivity index is 2.19. The first-order valence-corrected chi connectivity index (χ1v) is 5.59. The van der Waals surface area contributed by atoms with Gasteiger partial charge in [-0.1, -0.05) is 12.1 Å². The summed E-state index contributed by atoms with van der Waals surface area (Å²) in [5, 5.41) is 7.95. The van der Waals surface area contributed by atoms with Crippen molar-refractivity contribution in [3.05, 3.63) is 41.6 Å². The molecule has 1 aromatic rings. The lowest BCUT2D eigenvalue weighted by Crippen LogP contribution is -2.36. The number of rotatable bonds is 2. The van der Waals surface area contributed by atoms with E-state index in [1.807, 2.05) is 0 Å². The van der Waals surface area contributed by atoms with E-state index in [2.05, 4.69) is 16.0 Å². The van der Waals surface area contributed by atoms with E-state index in [9.17, 15) is 18.0 Å². The van der Waals surface area contributed by atoms with Gasteiger partial charge in [-0.05, 0) is 12.1 Å². The molecule has 0 aromatic heterocycles. The van der Waals surface area contributed by atoms with Crippen LogP contribution in [0.2, 0.25) is 0 Å². The normalized spacial score (nSPS) is 15.4. The third-order valence-electron chi connectivity index (χ3n) is 2.59. The lowest BCUT2D eigenvalue weighted by Gasteiger charge is -2.17. The number of amides is 1. The van der Waals surface area contributed by atoms with E-state index < -0.39 is 17.6 Å². The Bertz CT molecular complexity index is 511. The molecule has 0 bridgehead atoms. The van der Waals surface area contributed by atoms with E-state index in [1.54, 1.807) is 0 Å². The molecule has 1 aromatic carbocycles. The molecule has 0 spiro atoms. The zero-order chi connectivity index (χ0) is 13.9. The number of hydrogen-bond donors (Lipinski definition) is 3. The summed E-state index contributed by atoms with van der Waals surface area (Å²) < 4.78 is 38.3. The van der Waals surface area contributed by atoms with Gasteiger partial charge >= 0.3 is 6.18 Å². The van der Waals surface area contributed by atoms with Crippen molar-refractivity contribution < 1.29 is 18.0 Å². The smallest absolute Gasteiger partial charge is 0.378 e. The van der Waals surface area contributed by atoms with Gasteiger partial charge in [0.25, 0.3) is 5.91 Å². The van der Waals surface area contributed by atoms with Crippen LogP contribution in [0.15, 0.2) is 36.0 Å². The van der Waals surface area contributed by atoms with Crippen molar-refractivity contribution >= 4 is 11.6 Å². The molecule has 19 heavy (non-hydrogen) atoms. The van der Waals surface area contributed by atoms with Crippen LogP contribution in [0.25, 0.3) is 0 Å². The zero-order valence-corrected chi connectivity index (χ0v) is 9.84. The number of carbonyl (C=O) groups is 1. The van der Waals surface area contributed by atoms with Crippen molar-refractivity contribution in [3.63, 3.8) is 0 Å². The summed E-state index contributed by atoms with van der Waals surface area (Å²) in [6, 6.07) is 4.88. The highest BCUT2D eigenvalue weighted by molar-refractivity contribution is 6.04. The minimum Gasteiger partial charge on any atom is -0.378 e. The van der Waals surface area contributed by atoms with Gasteiger partial charge in [0.15, 0.2) is 0 Å². The average molecular weight is 271 g/mol. The van der Waals surface area contributed by atoms with Gasteiger partial charge < -0.3 is 10.6 Å². The second-order valence-corrected chi connectivity index (χ2v) is 3.97. The molecule has 7 heteroatoms. The quantitative estimate of drug-likeness (QED) is 0.767. The predicted molar refractivity (Wildman–Crippen MR) is 64.2 cm³/mol. The lowest BCUT2D eigenvalue weighted by atomic mass is 10.1. The van der Waals surface area contributed by atoms with Gasteiger partial charge in [-0.15, -0.1) is 0 Å². The van der Waals surface area contributed by atoms with E-state index in [4.69, 9.17) is 0 Å².